The number of aliphatic hydroxyl groups excluding tert-OH is 1. The van der Waals surface area contributed by atoms with Gasteiger partial charge in [0.2, 0.25) is 0 Å². The fourth-order valence-electron chi connectivity index (χ4n) is 3.54. The fourth-order valence-corrected chi connectivity index (χ4v) is 3.73. The minimum absolute atomic E-state index is 0.0564. The molecule has 2 N–H and O–H groups in total. The van der Waals surface area contributed by atoms with Gasteiger partial charge in [0.25, 0.3) is 0 Å². The number of nitrogens with one attached hydrogen (secondary N) is 1. The van der Waals surface area contributed by atoms with Crippen molar-refractivity contribution in [2.75, 3.05) is 6.54 Å². The van der Waals surface area contributed by atoms with E-state index >= 15 is 0 Å². The number of carbonyl (C=O) groups excluding carboxylic acids is 1. The number of hydrogen-bond acceptors (Lipinski definition) is 5. The lowest BCUT2D eigenvalue weighted by Gasteiger charge is -2.28. The van der Waals surface area contributed by atoms with Crippen LogP contribution in [-0.2, 0) is 11.3 Å². The molecule has 0 aliphatic carbocycles. The van der Waals surface area contributed by atoms with Crippen LogP contribution < -0.4 is 5.32 Å². The van der Waals surface area contributed by atoms with Gasteiger partial charge in [-0.15, -0.1) is 0 Å². The second-order valence-corrected chi connectivity index (χ2v) is 7.40. The van der Waals surface area contributed by atoms with Crippen molar-refractivity contribution in [2.24, 2.45) is 0 Å². The lowest BCUT2D eigenvalue weighted by Crippen LogP contribution is -2.46. The van der Waals surface area contributed by atoms with E-state index in [1.54, 1.807) is 12.5 Å². The summed E-state index contributed by atoms with van der Waals surface area (Å²) >= 11 is 6.09. The Morgan fingerprint density at radius 3 is 3.00 bits per heavy atom. The molecule has 3 aromatic rings. The largest absolute Gasteiger partial charge is 0.391 e. The van der Waals surface area contributed by atoms with Crippen molar-refractivity contribution >= 4 is 28.5 Å². The lowest BCUT2D eigenvalue weighted by molar-refractivity contribution is -0.121. The number of nitrogens with zero attached hydrogens (tertiary/aromatic N) is 3. The number of benzene rings is 1. The number of aromatic nitrogens is 3. The zero-order chi connectivity index (χ0) is 18.8. The molecule has 0 spiro atoms. The number of aliphatic hydroxyl groups is 1. The number of Topliss-reactive ketones (excluding diaryl/α,β-unsaturated/α-hetero) is 1. The molecule has 2 atom stereocenters. The number of imidazole rings is 1. The predicted octanol–water partition coefficient (Wildman–Crippen LogP) is 2.82. The quantitative estimate of drug-likeness (QED) is 0.707. The number of rotatable bonds is 5. The van der Waals surface area contributed by atoms with Crippen LogP contribution in [0.4, 0.5) is 0 Å². The summed E-state index contributed by atoms with van der Waals surface area (Å²) in [7, 11) is 0. The molecule has 1 aliphatic rings. The summed E-state index contributed by atoms with van der Waals surface area (Å²) in [5, 5.41) is 13.9. The van der Waals surface area contributed by atoms with Crippen LogP contribution in [0, 0.1) is 0 Å². The Kier molecular flexibility index (Phi) is 5.20. The van der Waals surface area contributed by atoms with Crippen LogP contribution in [-0.4, -0.2) is 44.1 Å². The van der Waals surface area contributed by atoms with Crippen LogP contribution in [0.1, 0.15) is 19.3 Å². The number of hydrogen-bond donors (Lipinski definition) is 2. The normalized spacial score (nSPS) is 20.1. The molecule has 140 valence electrons. The average Bonchev–Trinajstić information content (AvgIpc) is 3.06. The van der Waals surface area contributed by atoms with Gasteiger partial charge in [-0.05, 0) is 43.1 Å². The van der Waals surface area contributed by atoms with Gasteiger partial charge in [-0.25, -0.2) is 9.97 Å². The van der Waals surface area contributed by atoms with Gasteiger partial charge < -0.3 is 15.0 Å². The molecule has 1 aliphatic heterocycles. The maximum Gasteiger partial charge on any atom is 0.177 e. The van der Waals surface area contributed by atoms with Crippen LogP contribution in [0.2, 0.25) is 5.02 Å². The van der Waals surface area contributed by atoms with Gasteiger partial charge in [0.15, 0.2) is 11.4 Å². The smallest absolute Gasteiger partial charge is 0.177 e. The van der Waals surface area contributed by atoms with E-state index in [0.717, 1.165) is 36.0 Å². The highest BCUT2D eigenvalue weighted by Crippen LogP contribution is 2.25. The molecule has 0 saturated carbocycles. The molecule has 0 radical (unpaired) electrons. The minimum Gasteiger partial charge on any atom is -0.391 e. The summed E-state index contributed by atoms with van der Waals surface area (Å²) in [6, 6.07) is 9.38. The highest BCUT2D eigenvalue weighted by molar-refractivity contribution is 6.30. The van der Waals surface area contributed by atoms with Gasteiger partial charge in [0.1, 0.15) is 0 Å². The summed E-state index contributed by atoms with van der Waals surface area (Å²) in [5.74, 6) is 0.0564. The Morgan fingerprint density at radius 1 is 1.30 bits per heavy atom. The van der Waals surface area contributed by atoms with Crippen LogP contribution in [0.3, 0.4) is 0 Å². The summed E-state index contributed by atoms with van der Waals surface area (Å²) < 4.78 is 1.81. The Labute approximate surface area is 162 Å². The highest BCUT2D eigenvalue weighted by atomic mass is 35.5. The predicted molar refractivity (Wildman–Crippen MR) is 105 cm³/mol. The molecule has 0 amide bonds. The molecule has 7 heteroatoms. The van der Waals surface area contributed by atoms with Crippen molar-refractivity contribution in [3.8, 4) is 11.1 Å². The van der Waals surface area contributed by atoms with E-state index in [0.29, 0.717) is 17.1 Å². The van der Waals surface area contributed by atoms with Crippen molar-refractivity contribution in [1.29, 1.82) is 0 Å². The summed E-state index contributed by atoms with van der Waals surface area (Å²) in [6.45, 7) is 1.05. The molecule has 1 saturated heterocycles. The number of piperidine rings is 1. The zero-order valence-electron chi connectivity index (χ0n) is 14.8. The van der Waals surface area contributed by atoms with Crippen LogP contribution in [0.25, 0.3) is 22.3 Å². The third kappa shape index (κ3) is 4.03. The Hall–Kier alpha value is -2.28. The maximum absolute atomic E-state index is 12.5. The second kappa shape index (κ2) is 7.76. The van der Waals surface area contributed by atoms with E-state index < -0.39 is 6.10 Å². The van der Waals surface area contributed by atoms with E-state index in [1.807, 2.05) is 34.9 Å². The van der Waals surface area contributed by atoms with Crippen LogP contribution in [0.5, 0.6) is 0 Å². The van der Waals surface area contributed by atoms with Crippen molar-refractivity contribution in [2.45, 2.75) is 38.0 Å². The summed E-state index contributed by atoms with van der Waals surface area (Å²) in [6.07, 6.45) is 4.93. The van der Waals surface area contributed by atoms with Crippen molar-refractivity contribution in [3.05, 3.63) is 47.9 Å². The molecule has 1 aromatic carbocycles. The van der Waals surface area contributed by atoms with Gasteiger partial charge in [-0.1, -0.05) is 23.7 Å². The van der Waals surface area contributed by atoms with E-state index in [1.165, 1.54) is 0 Å². The molecule has 0 bridgehead atoms. The molecule has 27 heavy (non-hydrogen) atoms. The average molecular weight is 385 g/mol. The molecule has 2 aromatic heterocycles. The number of ketones is 1. The van der Waals surface area contributed by atoms with Crippen LogP contribution in [0.15, 0.2) is 42.9 Å². The third-order valence-corrected chi connectivity index (χ3v) is 5.21. The maximum atomic E-state index is 12.5. The van der Waals surface area contributed by atoms with Gasteiger partial charge in [-0.2, -0.15) is 0 Å². The zero-order valence-corrected chi connectivity index (χ0v) is 15.6. The molecular formula is C20H21ClN4O2. The SMILES string of the molecule is O=C(C[C@H]1NCCC[C@@H]1O)Cn1cnc2ncc(-c3cccc(Cl)c3)cc21. The third-order valence-electron chi connectivity index (χ3n) is 4.98. The van der Waals surface area contributed by atoms with E-state index in [4.69, 9.17) is 11.6 Å². The van der Waals surface area contributed by atoms with E-state index in [-0.39, 0.29) is 18.4 Å². The standard InChI is InChI=1S/C20H21ClN4O2/c21-15-4-1-3-13(7-15)14-8-18-20(23-10-14)24-12-25(18)11-16(26)9-17-19(27)5-2-6-22-17/h1,3-4,7-8,10,12,17,19,22,27H,2,5-6,9,11H2/t17-,19+/m1/s1. The summed E-state index contributed by atoms with van der Waals surface area (Å²) in [5.41, 5.74) is 3.29. The van der Waals surface area contributed by atoms with E-state index in [2.05, 4.69) is 15.3 Å². The molecular weight excluding hydrogens is 364 g/mol. The molecule has 4 rings (SSSR count). The summed E-state index contributed by atoms with van der Waals surface area (Å²) in [4.78, 5) is 21.2. The first kappa shape index (κ1) is 18.1. The van der Waals surface area contributed by atoms with Crippen molar-refractivity contribution < 1.29 is 9.90 Å². The van der Waals surface area contributed by atoms with E-state index in [9.17, 15) is 9.90 Å². The Balaban J connectivity index is 1.55. The number of fused-ring (bicyclic) bond motifs is 1. The van der Waals surface area contributed by atoms with Gasteiger partial charge >= 0.3 is 0 Å². The topological polar surface area (TPSA) is 80.0 Å². The Morgan fingerprint density at radius 2 is 2.19 bits per heavy atom. The first-order valence-electron chi connectivity index (χ1n) is 9.10. The van der Waals surface area contributed by atoms with Crippen LogP contribution >= 0.6 is 11.6 Å². The van der Waals surface area contributed by atoms with Crippen molar-refractivity contribution in [1.82, 2.24) is 19.9 Å². The van der Waals surface area contributed by atoms with Crippen molar-refractivity contribution in [3.63, 3.8) is 0 Å². The molecule has 1 fully saturated rings. The monoisotopic (exact) mass is 384 g/mol. The van der Waals surface area contributed by atoms with Gasteiger partial charge in [0.05, 0.1) is 24.5 Å². The van der Waals surface area contributed by atoms with Gasteiger partial charge in [0, 0.05) is 29.2 Å². The first-order valence-corrected chi connectivity index (χ1v) is 9.48. The minimum atomic E-state index is -0.460. The fraction of sp³-hybridized carbons (Fsp3) is 0.350. The van der Waals surface area contributed by atoms with Gasteiger partial charge in [-0.3, -0.25) is 4.79 Å². The highest BCUT2D eigenvalue weighted by Gasteiger charge is 2.25. The number of halogens is 1. The molecule has 0 unspecified atom stereocenters. The Bertz CT molecular complexity index is 972. The number of carbonyl (C=O) groups is 1. The molecule has 3 heterocycles. The molecule has 6 nitrogen and oxygen atoms in total. The lowest BCUT2D eigenvalue weighted by atomic mass is 9.97. The second-order valence-electron chi connectivity index (χ2n) is 6.96. The number of pyridine rings is 1. The first-order chi connectivity index (χ1) is 13.1.